The maximum absolute atomic E-state index is 12.9. The maximum atomic E-state index is 12.9. The molecule has 0 unspecified atom stereocenters. The molecular weight excluding hydrogens is 467 g/mol. The lowest BCUT2D eigenvalue weighted by atomic mass is 10.1. The predicted octanol–water partition coefficient (Wildman–Crippen LogP) is 3.87. The zero-order valence-electron chi connectivity index (χ0n) is 18.4. The highest BCUT2D eigenvalue weighted by Crippen LogP contribution is 2.32. The highest BCUT2D eigenvalue weighted by atomic mass is 19.4. The van der Waals surface area contributed by atoms with E-state index in [-0.39, 0.29) is 35.7 Å². The predicted molar refractivity (Wildman–Crippen MR) is 118 cm³/mol. The van der Waals surface area contributed by atoms with Gasteiger partial charge in [0, 0.05) is 37.6 Å². The summed E-state index contributed by atoms with van der Waals surface area (Å²) in [6.45, 7) is 0.472. The molecule has 35 heavy (non-hydrogen) atoms. The summed E-state index contributed by atoms with van der Waals surface area (Å²) >= 11 is 0. The molecule has 3 aromatic rings. The standard InChI is InChI=1S/C24H22F3N3O5/c25-24(26,27)16-2-1-3-19(12-16)34-18-8-10-30(11-9-18)22(32)14-28-23(33)20-13-21(35-29-20)15-4-6-17(31)7-5-15/h1-7,12-13,18,31H,8-11,14H2,(H,28,33). The summed E-state index contributed by atoms with van der Waals surface area (Å²) in [5.74, 6) is -0.301. The van der Waals surface area contributed by atoms with Crippen LogP contribution in [0.3, 0.4) is 0 Å². The number of halogens is 3. The van der Waals surface area contributed by atoms with E-state index >= 15 is 0 Å². The lowest BCUT2D eigenvalue weighted by Crippen LogP contribution is -2.46. The molecule has 2 aromatic carbocycles. The number of benzene rings is 2. The Morgan fingerprint density at radius 3 is 2.51 bits per heavy atom. The second kappa shape index (κ2) is 10.1. The number of likely N-dealkylation sites (tertiary alicyclic amines) is 1. The third kappa shape index (κ3) is 6.11. The van der Waals surface area contributed by atoms with Crippen molar-refractivity contribution in [3.63, 3.8) is 0 Å². The van der Waals surface area contributed by atoms with Crippen LogP contribution in [0.2, 0.25) is 0 Å². The highest BCUT2D eigenvalue weighted by Gasteiger charge is 2.31. The Morgan fingerprint density at radius 2 is 1.83 bits per heavy atom. The lowest BCUT2D eigenvalue weighted by molar-refractivity contribution is -0.138. The molecule has 1 aliphatic heterocycles. The second-order valence-electron chi connectivity index (χ2n) is 8.03. The van der Waals surface area contributed by atoms with Crippen molar-refractivity contribution < 1.29 is 37.1 Å². The summed E-state index contributed by atoms with van der Waals surface area (Å²) in [4.78, 5) is 26.4. The number of carbonyl (C=O) groups is 2. The molecule has 2 N–H and O–H groups in total. The molecule has 1 aliphatic rings. The van der Waals surface area contributed by atoms with Crippen molar-refractivity contribution in [1.29, 1.82) is 0 Å². The number of piperidine rings is 1. The monoisotopic (exact) mass is 489 g/mol. The molecule has 11 heteroatoms. The van der Waals surface area contributed by atoms with Crippen molar-refractivity contribution in [2.45, 2.75) is 25.1 Å². The number of aromatic nitrogens is 1. The molecular formula is C24H22F3N3O5. The lowest BCUT2D eigenvalue weighted by Gasteiger charge is -2.32. The van der Waals surface area contributed by atoms with Crippen LogP contribution >= 0.6 is 0 Å². The molecule has 0 spiro atoms. The Balaban J connectivity index is 1.24. The van der Waals surface area contributed by atoms with Gasteiger partial charge in [0.2, 0.25) is 5.91 Å². The summed E-state index contributed by atoms with van der Waals surface area (Å²) in [7, 11) is 0. The number of phenolic OH excluding ortho intramolecular Hbond substituents is 1. The van der Waals surface area contributed by atoms with Crippen molar-refractivity contribution in [2.75, 3.05) is 19.6 Å². The number of hydrogen-bond donors (Lipinski definition) is 2. The van der Waals surface area contributed by atoms with Crippen LogP contribution in [0.5, 0.6) is 11.5 Å². The SMILES string of the molecule is O=C(NCC(=O)N1CCC(Oc2cccc(C(F)(F)F)c2)CC1)c1cc(-c2ccc(O)cc2)on1. The smallest absolute Gasteiger partial charge is 0.416 e. The van der Waals surface area contributed by atoms with E-state index in [0.29, 0.717) is 37.3 Å². The minimum absolute atomic E-state index is 0.00840. The molecule has 2 amide bonds. The maximum Gasteiger partial charge on any atom is 0.416 e. The summed E-state index contributed by atoms with van der Waals surface area (Å²) < 4.78 is 49.4. The van der Waals surface area contributed by atoms with E-state index in [2.05, 4.69) is 10.5 Å². The van der Waals surface area contributed by atoms with Crippen molar-refractivity contribution in [3.05, 3.63) is 65.9 Å². The number of nitrogens with one attached hydrogen (secondary N) is 1. The van der Waals surface area contributed by atoms with Gasteiger partial charge in [-0.05, 0) is 42.5 Å². The van der Waals surface area contributed by atoms with Gasteiger partial charge in [0.25, 0.3) is 5.91 Å². The van der Waals surface area contributed by atoms with Crippen LogP contribution in [0.4, 0.5) is 13.2 Å². The fourth-order valence-electron chi connectivity index (χ4n) is 3.66. The molecule has 1 fully saturated rings. The van der Waals surface area contributed by atoms with Crippen LogP contribution in [0.15, 0.2) is 59.1 Å². The molecule has 0 saturated carbocycles. The van der Waals surface area contributed by atoms with Crippen LogP contribution in [-0.4, -0.2) is 52.7 Å². The summed E-state index contributed by atoms with van der Waals surface area (Å²) in [6.07, 6.45) is -3.85. The normalized spacial score (nSPS) is 14.5. The summed E-state index contributed by atoms with van der Waals surface area (Å²) in [5.41, 5.74) is -0.143. The molecule has 2 heterocycles. The second-order valence-corrected chi connectivity index (χ2v) is 8.03. The molecule has 4 rings (SSSR count). The van der Waals surface area contributed by atoms with Gasteiger partial charge < -0.3 is 24.6 Å². The summed E-state index contributed by atoms with van der Waals surface area (Å²) in [5, 5.41) is 15.6. The molecule has 184 valence electrons. The number of alkyl halides is 3. The van der Waals surface area contributed by atoms with E-state index in [0.717, 1.165) is 12.1 Å². The first-order chi connectivity index (χ1) is 16.7. The van der Waals surface area contributed by atoms with Gasteiger partial charge in [-0.15, -0.1) is 0 Å². The minimum atomic E-state index is -4.45. The van der Waals surface area contributed by atoms with Crippen molar-refractivity contribution >= 4 is 11.8 Å². The topological polar surface area (TPSA) is 105 Å². The Kier molecular flexibility index (Phi) is 6.94. The highest BCUT2D eigenvalue weighted by molar-refractivity contribution is 5.95. The van der Waals surface area contributed by atoms with Crippen molar-refractivity contribution in [3.8, 4) is 22.8 Å². The molecule has 1 saturated heterocycles. The summed E-state index contributed by atoms with van der Waals surface area (Å²) in [6, 6.07) is 12.3. The number of amides is 2. The third-order valence-corrected chi connectivity index (χ3v) is 5.55. The largest absolute Gasteiger partial charge is 0.508 e. The molecule has 0 bridgehead atoms. The van der Waals surface area contributed by atoms with Gasteiger partial charge in [-0.25, -0.2) is 0 Å². The van der Waals surface area contributed by atoms with Crippen LogP contribution in [-0.2, 0) is 11.0 Å². The average Bonchev–Trinajstić information content (AvgIpc) is 3.33. The first kappa shape index (κ1) is 24.1. The number of ether oxygens (including phenoxy) is 1. The fourth-order valence-corrected chi connectivity index (χ4v) is 3.66. The van der Waals surface area contributed by atoms with E-state index < -0.39 is 17.6 Å². The molecule has 0 aliphatic carbocycles. The van der Waals surface area contributed by atoms with E-state index in [1.54, 1.807) is 17.0 Å². The van der Waals surface area contributed by atoms with E-state index in [4.69, 9.17) is 9.26 Å². The molecule has 8 nitrogen and oxygen atoms in total. The molecule has 1 aromatic heterocycles. The molecule has 0 atom stereocenters. The fraction of sp³-hybridized carbons (Fsp3) is 0.292. The van der Waals surface area contributed by atoms with Gasteiger partial charge in [0.05, 0.1) is 12.1 Å². The molecule has 0 radical (unpaired) electrons. The number of aromatic hydroxyl groups is 1. The van der Waals surface area contributed by atoms with Crippen LogP contribution in [0.1, 0.15) is 28.9 Å². The zero-order valence-corrected chi connectivity index (χ0v) is 18.4. The third-order valence-electron chi connectivity index (χ3n) is 5.55. The number of rotatable bonds is 6. The number of hydrogen-bond acceptors (Lipinski definition) is 6. The van der Waals surface area contributed by atoms with Crippen LogP contribution < -0.4 is 10.1 Å². The number of carbonyl (C=O) groups excluding carboxylic acids is 2. The van der Waals surface area contributed by atoms with E-state index in [1.807, 2.05) is 0 Å². The van der Waals surface area contributed by atoms with Gasteiger partial charge in [0.1, 0.15) is 17.6 Å². The Labute approximate surface area is 198 Å². The Hall–Kier alpha value is -4.02. The zero-order chi connectivity index (χ0) is 25.0. The van der Waals surface area contributed by atoms with Gasteiger partial charge >= 0.3 is 6.18 Å². The van der Waals surface area contributed by atoms with Gasteiger partial charge in [-0.2, -0.15) is 13.2 Å². The Morgan fingerprint density at radius 1 is 1.11 bits per heavy atom. The first-order valence-corrected chi connectivity index (χ1v) is 10.8. The van der Waals surface area contributed by atoms with Crippen LogP contribution in [0.25, 0.3) is 11.3 Å². The number of nitrogens with zero attached hydrogens (tertiary/aromatic N) is 2. The average molecular weight is 489 g/mol. The van der Waals surface area contributed by atoms with Gasteiger partial charge in [0.15, 0.2) is 11.5 Å². The first-order valence-electron chi connectivity index (χ1n) is 10.8. The van der Waals surface area contributed by atoms with Crippen molar-refractivity contribution in [2.24, 2.45) is 0 Å². The minimum Gasteiger partial charge on any atom is -0.508 e. The van der Waals surface area contributed by atoms with Gasteiger partial charge in [-0.3, -0.25) is 9.59 Å². The quantitative estimate of drug-likeness (QED) is 0.545. The number of phenols is 1. The van der Waals surface area contributed by atoms with Crippen LogP contribution in [0, 0.1) is 0 Å². The van der Waals surface area contributed by atoms with E-state index in [9.17, 15) is 27.9 Å². The van der Waals surface area contributed by atoms with Gasteiger partial charge in [-0.1, -0.05) is 11.2 Å². The van der Waals surface area contributed by atoms with E-state index in [1.165, 1.54) is 30.3 Å². The Bertz CT molecular complexity index is 1190. The van der Waals surface area contributed by atoms with Crippen molar-refractivity contribution in [1.82, 2.24) is 15.4 Å².